The molecular formula is C13H20ClNS. The van der Waals surface area contributed by atoms with Gasteiger partial charge in [-0.2, -0.15) is 12.6 Å². The van der Waals surface area contributed by atoms with Crippen LogP contribution in [0.5, 0.6) is 0 Å². The van der Waals surface area contributed by atoms with Gasteiger partial charge in [0, 0.05) is 17.0 Å². The van der Waals surface area contributed by atoms with Crippen LogP contribution in [0.3, 0.4) is 0 Å². The fourth-order valence-corrected chi connectivity index (χ4v) is 1.89. The Kier molecular flexibility index (Phi) is 5.67. The van der Waals surface area contributed by atoms with Gasteiger partial charge in [-0.3, -0.25) is 0 Å². The highest BCUT2D eigenvalue weighted by molar-refractivity contribution is 7.80. The van der Waals surface area contributed by atoms with Gasteiger partial charge in [0.1, 0.15) is 0 Å². The van der Waals surface area contributed by atoms with Gasteiger partial charge in [0.05, 0.1) is 0 Å². The normalized spacial score (nSPS) is 11.8. The minimum absolute atomic E-state index is 0.140. The lowest BCUT2D eigenvalue weighted by Gasteiger charge is -2.25. The molecule has 0 heterocycles. The molecule has 90 valence electrons. The standard InChI is InChI=1S/C13H20ClNS/c1-13(2,10-15-8-3-9-16)11-4-6-12(14)7-5-11/h4-7,15-16H,3,8-10H2,1-2H3. The van der Waals surface area contributed by atoms with E-state index in [2.05, 4.69) is 43.9 Å². The SMILES string of the molecule is CC(C)(CNCCCS)c1ccc(Cl)cc1. The van der Waals surface area contributed by atoms with Crippen molar-refractivity contribution in [3.63, 3.8) is 0 Å². The number of benzene rings is 1. The van der Waals surface area contributed by atoms with Gasteiger partial charge in [-0.15, -0.1) is 0 Å². The Bertz CT molecular complexity index is 308. The Morgan fingerprint density at radius 3 is 2.44 bits per heavy atom. The van der Waals surface area contributed by atoms with Gasteiger partial charge in [-0.1, -0.05) is 37.6 Å². The topological polar surface area (TPSA) is 12.0 Å². The Morgan fingerprint density at radius 2 is 1.88 bits per heavy atom. The zero-order valence-corrected chi connectivity index (χ0v) is 11.6. The summed E-state index contributed by atoms with van der Waals surface area (Å²) in [6.45, 7) is 6.48. The second kappa shape index (κ2) is 6.53. The lowest BCUT2D eigenvalue weighted by Crippen LogP contribution is -2.33. The summed E-state index contributed by atoms with van der Waals surface area (Å²) >= 11 is 10.1. The number of hydrogen-bond acceptors (Lipinski definition) is 2. The Labute approximate surface area is 109 Å². The smallest absolute Gasteiger partial charge is 0.0406 e. The van der Waals surface area contributed by atoms with Crippen LogP contribution in [-0.2, 0) is 5.41 Å². The van der Waals surface area contributed by atoms with Crippen LogP contribution in [0.4, 0.5) is 0 Å². The summed E-state index contributed by atoms with van der Waals surface area (Å²) in [5.41, 5.74) is 1.46. The minimum atomic E-state index is 0.140. The van der Waals surface area contributed by atoms with E-state index in [-0.39, 0.29) is 5.41 Å². The second-order valence-corrected chi connectivity index (χ2v) is 5.53. The molecule has 0 saturated heterocycles. The van der Waals surface area contributed by atoms with E-state index in [0.717, 1.165) is 30.3 Å². The summed E-state index contributed by atoms with van der Waals surface area (Å²) < 4.78 is 0. The maximum atomic E-state index is 5.88. The molecule has 0 aliphatic carbocycles. The summed E-state index contributed by atoms with van der Waals surface area (Å²) in [5, 5.41) is 4.25. The number of nitrogens with one attached hydrogen (secondary N) is 1. The summed E-state index contributed by atoms with van der Waals surface area (Å²) in [5.74, 6) is 0.939. The van der Waals surface area contributed by atoms with E-state index in [1.807, 2.05) is 12.1 Å². The first-order valence-electron chi connectivity index (χ1n) is 5.64. The zero-order chi connectivity index (χ0) is 12.0. The van der Waals surface area contributed by atoms with Gasteiger partial charge in [-0.05, 0) is 36.4 Å². The number of rotatable bonds is 6. The average molecular weight is 258 g/mol. The van der Waals surface area contributed by atoms with Crippen molar-refractivity contribution in [2.45, 2.75) is 25.7 Å². The van der Waals surface area contributed by atoms with Crippen LogP contribution in [0, 0.1) is 0 Å². The van der Waals surface area contributed by atoms with Crippen LogP contribution in [0.15, 0.2) is 24.3 Å². The quantitative estimate of drug-likeness (QED) is 0.587. The first kappa shape index (κ1) is 13.9. The third-order valence-corrected chi connectivity index (χ3v) is 3.27. The molecule has 0 saturated carbocycles. The molecule has 0 amide bonds. The lowest BCUT2D eigenvalue weighted by atomic mass is 9.84. The maximum Gasteiger partial charge on any atom is 0.0406 e. The van der Waals surface area contributed by atoms with E-state index in [1.54, 1.807) is 0 Å². The van der Waals surface area contributed by atoms with Crippen molar-refractivity contribution in [1.29, 1.82) is 0 Å². The highest BCUT2D eigenvalue weighted by Crippen LogP contribution is 2.23. The van der Waals surface area contributed by atoms with Crippen molar-refractivity contribution < 1.29 is 0 Å². The molecule has 0 atom stereocenters. The van der Waals surface area contributed by atoms with E-state index in [1.165, 1.54) is 5.56 Å². The molecule has 0 bridgehead atoms. The summed E-state index contributed by atoms with van der Waals surface area (Å²) in [7, 11) is 0. The van der Waals surface area contributed by atoms with Crippen LogP contribution in [-0.4, -0.2) is 18.8 Å². The molecule has 16 heavy (non-hydrogen) atoms. The summed E-state index contributed by atoms with van der Waals surface area (Å²) in [6.07, 6.45) is 1.11. The third-order valence-electron chi connectivity index (χ3n) is 2.70. The van der Waals surface area contributed by atoms with Crippen LogP contribution < -0.4 is 5.32 Å². The Morgan fingerprint density at radius 1 is 1.25 bits per heavy atom. The van der Waals surface area contributed by atoms with Gasteiger partial charge in [0.25, 0.3) is 0 Å². The fraction of sp³-hybridized carbons (Fsp3) is 0.538. The van der Waals surface area contributed by atoms with Crippen LogP contribution in [0.25, 0.3) is 0 Å². The first-order valence-corrected chi connectivity index (χ1v) is 6.65. The van der Waals surface area contributed by atoms with Gasteiger partial charge in [0.15, 0.2) is 0 Å². The zero-order valence-electron chi connectivity index (χ0n) is 9.96. The molecule has 1 nitrogen and oxygen atoms in total. The molecule has 0 unspecified atom stereocenters. The van der Waals surface area contributed by atoms with Crippen molar-refractivity contribution in [1.82, 2.24) is 5.32 Å². The minimum Gasteiger partial charge on any atom is -0.316 e. The molecule has 1 aromatic carbocycles. The highest BCUT2D eigenvalue weighted by atomic mass is 35.5. The molecule has 0 spiro atoms. The van der Waals surface area contributed by atoms with Gasteiger partial charge < -0.3 is 5.32 Å². The lowest BCUT2D eigenvalue weighted by molar-refractivity contribution is 0.470. The van der Waals surface area contributed by atoms with E-state index in [0.29, 0.717) is 0 Å². The molecule has 1 rings (SSSR count). The van der Waals surface area contributed by atoms with E-state index in [9.17, 15) is 0 Å². The average Bonchev–Trinajstić information content (AvgIpc) is 2.25. The van der Waals surface area contributed by atoms with Crippen LogP contribution >= 0.6 is 24.2 Å². The Hall–Kier alpha value is -0.180. The van der Waals surface area contributed by atoms with Crippen molar-refractivity contribution in [2.75, 3.05) is 18.8 Å². The van der Waals surface area contributed by atoms with E-state index < -0.39 is 0 Å². The van der Waals surface area contributed by atoms with Crippen LogP contribution in [0.1, 0.15) is 25.8 Å². The monoisotopic (exact) mass is 257 g/mol. The molecule has 1 N–H and O–H groups in total. The fourth-order valence-electron chi connectivity index (χ4n) is 1.61. The van der Waals surface area contributed by atoms with Crippen molar-refractivity contribution in [3.05, 3.63) is 34.9 Å². The van der Waals surface area contributed by atoms with Gasteiger partial charge >= 0.3 is 0 Å². The Balaban J connectivity index is 2.52. The molecule has 0 aliphatic rings. The third kappa shape index (κ3) is 4.36. The number of thiol groups is 1. The van der Waals surface area contributed by atoms with E-state index in [4.69, 9.17) is 11.6 Å². The molecule has 0 aliphatic heterocycles. The van der Waals surface area contributed by atoms with Crippen LogP contribution in [0.2, 0.25) is 5.02 Å². The van der Waals surface area contributed by atoms with Gasteiger partial charge in [0.2, 0.25) is 0 Å². The molecule has 0 radical (unpaired) electrons. The molecule has 0 fully saturated rings. The predicted octanol–water partition coefficient (Wildman–Crippen LogP) is 3.53. The second-order valence-electron chi connectivity index (χ2n) is 4.64. The van der Waals surface area contributed by atoms with Gasteiger partial charge in [-0.25, -0.2) is 0 Å². The summed E-state index contributed by atoms with van der Waals surface area (Å²) in [6, 6.07) is 8.10. The maximum absolute atomic E-state index is 5.88. The van der Waals surface area contributed by atoms with E-state index >= 15 is 0 Å². The predicted molar refractivity (Wildman–Crippen MR) is 75.8 cm³/mol. The first-order chi connectivity index (χ1) is 7.56. The van der Waals surface area contributed by atoms with Crippen molar-refractivity contribution >= 4 is 24.2 Å². The number of hydrogen-bond donors (Lipinski definition) is 2. The molecule has 0 aromatic heterocycles. The van der Waals surface area contributed by atoms with Crippen molar-refractivity contribution in [3.8, 4) is 0 Å². The molecule has 1 aromatic rings. The molecular weight excluding hydrogens is 238 g/mol. The largest absolute Gasteiger partial charge is 0.316 e. The highest BCUT2D eigenvalue weighted by Gasteiger charge is 2.19. The summed E-state index contributed by atoms with van der Waals surface area (Å²) in [4.78, 5) is 0. The number of halogens is 1. The molecule has 3 heteroatoms. The van der Waals surface area contributed by atoms with Crippen molar-refractivity contribution in [2.24, 2.45) is 0 Å².